The molecule has 282 valence electrons. The minimum absolute atomic E-state index is 0.120. The summed E-state index contributed by atoms with van der Waals surface area (Å²) in [6.45, 7) is 12.7. The number of ether oxygens (including phenoxy) is 2. The van der Waals surface area contributed by atoms with Gasteiger partial charge >= 0.3 is 12.1 Å². The number of para-hydroxylation sites is 1. The van der Waals surface area contributed by atoms with Crippen LogP contribution in [0.2, 0.25) is 0 Å². The number of nitrogens with one attached hydrogen (secondary N) is 2. The fourth-order valence-electron chi connectivity index (χ4n) is 5.79. The van der Waals surface area contributed by atoms with Crippen LogP contribution in [0, 0.1) is 0 Å². The Kier molecular flexibility index (Phi) is 15.7. The van der Waals surface area contributed by atoms with Crippen molar-refractivity contribution >= 4 is 23.9 Å². The highest BCUT2D eigenvalue weighted by atomic mass is 16.6. The smallest absolute Gasteiger partial charge is 0.408 e. The largest absolute Gasteiger partial charge is 0.508 e. The summed E-state index contributed by atoms with van der Waals surface area (Å²) in [5, 5.41) is 16.8. The molecule has 10 heteroatoms. The summed E-state index contributed by atoms with van der Waals surface area (Å²) >= 11 is 0. The predicted molar refractivity (Wildman–Crippen MR) is 203 cm³/mol. The SMILES string of the molecule is CCCCCCCN(C(=O)C(Cc1ccccc1)NC(=O)OC(C)(C)C)C(C(=O)NC(Cc1ccccc1)C(=O)OC(C)(C)C)c1ccccc1O. The quantitative estimate of drug-likeness (QED) is 0.0977. The van der Waals surface area contributed by atoms with E-state index in [2.05, 4.69) is 17.6 Å². The molecule has 0 aliphatic carbocycles. The molecule has 0 aromatic heterocycles. The predicted octanol–water partition coefficient (Wildman–Crippen LogP) is 7.44. The lowest BCUT2D eigenvalue weighted by molar-refractivity contribution is -0.159. The zero-order chi connectivity index (χ0) is 38.3. The molecule has 3 N–H and O–H groups in total. The van der Waals surface area contributed by atoms with E-state index in [9.17, 15) is 24.3 Å². The number of carbonyl (C=O) groups excluding carboxylic acids is 4. The highest BCUT2D eigenvalue weighted by Gasteiger charge is 2.39. The van der Waals surface area contributed by atoms with Crippen LogP contribution in [0.4, 0.5) is 4.79 Å². The number of aromatic hydroxyl groups is 1. The van der Waals surface area contributed by atoms with E-state index in [-0.39, 0.29) is 30.7 Å². The molecule has 3 atom stereocenters. The van der Waals surface area contributed by atoms with Crippen LogP contribution in [-0.4, -0.2) is 63.7 Å². The molecule has 0 saturated carbocycles. The fraction of sp³-hybridized carbons (Fsp3) is 0.476. The molecule has 0 bridgehead atoms. The maximum absolute atomic E-state index is 14.9. The van der Waals surface area contributed by atoms with Crippen LogP contribution in [0.3, 0.4) is 0 Å². The Balaban J connectivity index is 2.12. The molecular formula is C42H57N3O7. The molecule has 0 aliphatic rings. The van der Waals surface area contributed by atoms with E-state index in [1.165, 1.54) is 11.0 Å². The molecule has 3 aromatic rings. The number of phenolic OH excluding ortho intramolecular Hbond substituents is 1. The van der Waals surface area contributed by atoms with Crippen molar-refractivity contribution < 1.29 is 33.8 Å². The second-order valence-corrected chi connectivity index (χ2v) is 15.1. The number of amides is 3. The lowest BCUT2D eigenvalue weighted by Crippen LogP contribution is -2.55. The first-order valence-corrected chi connectivity index (χ1v) is 18.3. The van der Waals surface area contributed by atoms with Gasteiger partial charge in [-0.3, -0.25) is 9.59 Å². The summed E-state index contributed by atoms with van der Waals surface area (Å²) in [5.41, 5.74) is 0.117. The van der Waals surface area contributed by atoms with E-state index in [4.69, 9.17) is 9.47 Å². The van der Waals surface area contributed by atoms with Gasteiger partial charge in [0.05, 0.1) is 0 Å². The van der Waals surface area contributed by atoms with Crippen LogP contribution < -0.4 is 10.6 Å². The van der Waals surface area contributed by atoms with Gasteiger partial charge in [-0.15, -0.1) is 0 Å². The third kappa shape index (κ3) is 14.0. The lowest BCUT2D eigenvalue weighted by Gasteiger charge is -2.35. The van der Waals surface area contributed by atoms with Crippen LogP contribution in [0.5, 0.6) is 5.75 Å². The topological polar surface area (TPSA) is 134 Å². The Bertz CT molecular complexity index is 1580. The Labute approximate surface area is 309 Å². The van der Waals surface area contributed by atoms with Gasteiger partial charge in [0.15, 0.2) is 0 Å². The number of unbranched alkanes of at least 4 members (excludes halogenated alkanes) is 4. The maximum Gasteiger partial charge on any atom is 0.408 e. The van der Waals surface area contributed by atoms with E-state index < -0.39 is 53.2 Å². The Morgan fingerprint density at radius 1 is 0.673 bits per heavy atom. The number of phenols is 1. The van der Waals surface area contributed by atoms with E-state index in [0.717, 1.165) is 36.8 Å². The van der Waals surface area contributed by atoms with E-state index in [1.54, 1.807) is 59.7 Å². The summed E-state index contributed by atoms with van der Waals surface area (Å²) in [6, 6.07) is 21.3. The molecule has 3 unspecified atom stereocenters. The summed E-state index contributed by atoms with van der Waals surface area (Å²) in [4.78, 5) is 57.8. The van der Waals surface area contributed by atoms with E-state index in [1.807, 2.05) is 60.7 Å². The van der Waals surface area contributed by atoms with Crippen molar-refractivity contribution in [3.05, 3.63) is 102 Å². The van der Waals surface area contributed by atoms with Crippen LogP contribution in [-0.2, 0) is 36.7 Å². The van der Waals surface area contributed by atoms with Crippen molar-refractivity contribution in [2.45, 2.75) is 123 Å². The van der Waals surface area contributed by atoms with Gasteiger partial charge in [0.2, 0.25) is 11.8 Å². The van der Waals surface area contributed by atoms with Crippen LogP contribution in [0.25, 0.3) is 0 Å². The summed E-state index contributed by atoms with van der Waals surface area (Å²) in [7, 11) is 0. The van der Waals surface area contributed by atoms with Crippen molar-refractivity contribution in [1.29, 1.82) is 0 Å². The fourth-order valence-corrected chi connectivity index (χ4v) is 5.79. The molecule has 0 radical (unpaired) electrons. The number of benzene rings is 3. The molecule has 52 heavy (non-hydrogen) atoms. The highest BCUT2D eigenvalue weighted by Crippen LogP contribution is 2.31. The zero-order valence-corrected chi connectivity index (χ0v) is 31.8. The van der Waals surface area contributed by atoms with Crippen LogP contribution in [0.15, 0.2) is 84.9 Å². The van der Waals surface area contributed by atoms with Gasteiger partial charge in [-0.25, -0.2) is 9.59 Å². The number of carbonyl (C=O) groups is 4. The molecular weight excluding hydrogens is 658 g/mol. The van der Waals surface area contributed by atoms with Crippen molar-refractivity contribution in [3.8, 4) is 5.75 Å². The Hall–Kier alpha value is -4.86. The van der Waals surface area contributed by atoms with Gasteiger partial charge in [-0.05, 0) is 65.2 Å². The maximum atomic E-state index is 14.9. The average molecular weight is 716 g/mol. The van der Waals surface area contributed by atoms with Gasteiger partial charge in [-0.1, -0.05) is 111 Å². The highest BCUT2D eigenvalue weighted by molar-refractivity contribution is 5.94. The molecule has 0 aliphatic heterocycles. The molecule has 0 saturated heterocycles. The Morgan fingerprint density at radius 2 is 1.19 bits per heavy atom. The molecule has 0 spiro atoms. The summed E-state index contributed by atoms with van der Waals surface area (Å²) in [5.74, 6) is -2.04. The number of rotatable bonds is 17. The van der Waals surface area contributed by atoms with Crippen molar-refractivity contribution in [3.63, 3.8) is 0 Å². The zero-order valence-electron chi connectivity index (χ0n) is 31.8. The Morgan fingerprint density at radius 3 is 1.73 bits per heavy atom. The molecule has 0 fully saturated rings. The lowest BCUT2D eigenvalue weighted by atomic mass is 9.98. The third-order valence-electron chi connectivity index (χ3n) is 8.14. The normalized spacial score (nSPS) is 13.3. The van der Waals surface area contributed by atoms with E-state index >= 15 is 0 Å². The van der Waals surface area contributed by atoms with Gasteiger partial charge in [0.1, 0.15) is 35.1 Å². The minimum atomic E-state index is -1.36. The molecule has 3 amide bonds. The van der Waals surface area contributed by atoms with Crippen molar-refractivity contribution in [1.82, 2.24) is 15.5 Å². The van der Waals surface area contributed by atoms with Gasteiger partial charge in [0.25, 0.3) is 0 Å². The summed E-state index contributed by atoms with van der Waals surface area (Å²) in [6.07, 6.45) is 3.82. The number of hydrogen-bond donors (Lipinski definition) is 3. The van der Waals surface area contributed by atoms with Crippen LogP contribution >= 0.6 is 0 Å². The van der Waals surface area contributed by atoms with Gasteiger partial charge < -0.3 is 30.1 Å². The minimum Gasteiger partial charge on any atom is -0.508 e. The van der Waals surface area contributed by atoms with Crippen molar-refractivity contribution in [2.24, 2.45) is 0 Å². The van der Waals surface area contributed by atoms with Gasteiger partial charge in [-0.2, -0.15) is 0 Å². The standard InChI is InChI=1S/C42H57N3O7/c1-8-9-10-11-20-27-45(38(48)33(28-30-21-14-12-15-22-30)44-40(50)52-42(5,6)7)36(32-25-18-19-26-35(32)46)37(47)43-34(39(49)51-41(2,3)4)29-31-23-16-13-17-24-31/h12-19,21-26,33-34,36,46H,8-11,20,27-29H2,1-7H3,(H,43,47)(H,44,50). The first-order valence-electron chi connectivity index (χ1n) is 18.3. The van der Waals surface area contributed by atoms with Crippen molar-refractivity contribution in [2.75, 3.05) is 6.54 Å². The van der Waals surface area contributed by atoms with Gasteiger partial charge in [0, 0.05) is 24.9 Å². The second kappa shape index (κ2) is 19.7. The number of esters is 1. The molecule has 3 aromatic carbocycles. The summed E-state index contributed by atoms with van der Waals surface area (Å²) < 4.78 is 11.3. The molecule has 3 rings (SSSR count). The average Bonchev–Trinajstić information content (AvgIpc) is 3.06. The first kappa shape index (κ1) is 41.6. The molecule has 10 nitrogen and oxygen atoms in total. The first-order chi connectivity index (χ1) is 24.6. The monoisotopic (exact) mass is 715 g/mol. The third-order valence-corrected chi connectivity index (χ3v) is 8.14. The number of nitrogens with zero attached hydrogens (tertiary/aromatic N) is 1. The number of alkyl carbamates (subject to hydrolysis) is 1. The van der Waals surface area contributed by atoms with Crippen LogP contribution in [0.1, 0.15) is 103 Å². The number of hydrogen-bond acceptors (Lipinski definition) is 7. The second-order valence-electron chi connectivity index (χ2n) is 15.1. The molecule has 0 heterocycles. The van der Waals surface area contributed by atoms with E-state index in [0.29, 0.717) is 6.42 Å².